The number of carboxylic acid groups (broad SMARTS) is 1. The zero-order valence-corrected chi connectivity index (χ0v) is 12.9. The second-order valence-electron chi connectivity index (χ2n) is 4.38. The van der Waals surface area contributed by atoms with Crippen molar-refractivity contribution in [1.82, 2.24) is 5.32 Å². The van der Waals surface area contributed by atoms with Gasteiger partial charge in [0.2, 0.25) is 5.91 Å². The van der Waals surface area contributed by atoms with E-state index < -0.39 is 5.97 Å². The lowest BCUT2D eigenvalue weighted by atomic mass is 10.2. The maximum Gasteiger partial charge on any atom is 0.303 e. The van der Waals surface area contributed by atoms with Crippen LogP contribution in [0.15, 0.2) is 22.7 Å². The van der Waals surface area contributed by atoms with E-state index in [0.717, 1.165) is 10.0 Å². The predicted molar refractivity (Wildman–Crippen MR) is 78.9 cm³/mol. The van der Waals surface area contributed by atoms with Crippen LogP contribution in [-0.2, 0) is 9.59 Å². The topological polar surface area (TPSA) is 75.6 Å². The molecule has 0 unspecified atom stereocenters. The van der Waals surface area contributed by atoms with Gasteiger partial charge >= 0.3 is 5.97 Å². The standard InChI is InChI=1S/C14H18BrNO4/c1-10-4-5-12(11(15)9-10)20-8-6-13(17)16-7-2-3-14(18)19/h4-5,9H,2-3,6-8H2,1H3,(H,16,17)(H,18,19). The number of aryl methyl sites for hydroxylation is 1. The van der Waals surface area contributed by atoms with Gasteiger partial charge in [0.1, 0.15) is 5.75 Å². The van der Waals surface area contributed by atoms with E-state index in [9.17, 15) is 9.59 Å². The van der Waals surface area contributed by atoms with Crippen LogP contribution in [0.25, 0.3) is 0 Å². The Hall–Kier alpha value is -1.56. The number of benzene rings is 1. The fourth-order valence-corrected chi connectivity index (χ4v) is 2.14. The van der Waals surface area contributed by atoms with E-state index in [1.54, 1.807) is 0 Å². The Labute approximate surface area is 126 Å². The summed E-state index contributed by atoms with van der Waals surface area (Å²) in [5.41, 5.74) is 1.13. The molecule has 0 spiro atoms. The summed E-state index contributed by atoms with van der Waals surface area (Å²) in [6.45, 7) is 2.64. The van der Waals surface area contributed by atoms with Gasteiger partial charge < -0.3 is 15.2 Å². The number of hydrogen-bond donors (Lipinski definition) is 2. The quantitative estimate of drug-likeness (QED) is 0.711. The average molecular weight is 344 g/mol. The van der Waals surface area contributed by atoms with Gasteiger partial charge in [-0.15, -0.1) is 0 Å². The smallest absolute Gasteiger partial charge is 0.303 e. The molecule has 0 aliphatic heterocycles. The summed E-state index contributed by atoms with van der Waals surface area (Å²) < 4.78 is 6.37. The molecule has 0 aliphatic carbocycles. The second-order valence-corrected chi connectivity index (χ2v) is 5.23. The van der Waals surface area contributed by atoms with Crippen LogP contribution in [0.2, 0.25) is 0 Å². The lowest BCUT2D eigenvalue weighted by Crippen LogP contribution is -2.26. The summed E-state index contributed by atoms with van der Waals surface area (Å²) in [5, 5.41) is 11.1. The summed E-state index contributed by atoms with van der Waals surface area (Å²) in [5.74, 6) is -0.292. The van der Waals surface area contributed by atoms with E-state index in [4.69, 9.17) is 9.84 Å². The Kier molecular flexibility index (Phi) is 7.08. The fraction of sp³-hybridized carbons (Fsp3) is 0.429. The molecule has 0 radical (unpaired) electrons. The zero-order valence-electron chi connectivity index (χ0n) is 11.3. The molecule has 0 aliphatic rings. The van der Waals surface area contributed by atoms with E-state index in [0.29, 0.717) is 18.7 Å². The number of rotatable bonds is 8. The van der Waals surface area contributed by atoms with Crippen molar-refractivity contribution in [3.63, 3.8) is 0 Å². The Balaban J connectivity index is 2.20. The summed E-state index contributed by atoms with van der Waals surface area (Å²) in [4.78, 5) is 21.8. The van der Waals surface area contributed by atoms with Gasteiger partial charge in [-0.2, -0.15) is 0 Å². The summed E-state index contributed by atoms with van der Waals surface area (Å²) in [7, 11) is 0. The van der Waals surface area contributed by atoms with Gasteiger partial charge in [0.25, 0.3) is 0 Å². The second kappa shape index (κ2) is 8.58. The zero-order chi connectivity index (χ0) is 15.0. The maximum absolute atomic E-state index is 11.5. The normalized spacial score (nSPS) is 10.1. The first kappa shape index (κ1) is 16.5. The highest BCUT2D eigenvalue weighted by Crippen LogP contribution is 2.25. The third-order valence-corrected chi connectivity index (χ3v) is 3.18. The SMILES string of the molecule is Cc1ccc(OCCC(=O)NCCCC(=O)O)c(Br)c1. The minimum atomic E-state index is -0.855. The van der Waals surface area contributed by atoms with Crippen molar-refractivity contribution < 1.29 is 19.4 Å². The number of hydrogen-bond acceptors (Lipinski definition) is 3. The summed E-state index contributed by atoms with van der Waals surface area (Å²) >= 11 is 3.40. The molecule has 110 valence electrons. The van der Waals surface area contributed by atoms with Crippen molar-refractivity contribution in [2.24, 2.45) is 0 Å². The molecule has 0 atom stereocenters. The molecular formula is C14H18BrNO4. The minimum absolute atomic E-state index is 0.0626. The molecule has 0 heterocycles. The number of halogens is 1. The van der Waals surface area contributed by atoms with E-state index in [1.807, 2.05) is 25.1 Å². The van der Waals surface area contributed by atoms with Gasteiger partial charge in [-0.05, 0) is 47.0 Å². The fourth-order valence-electron chi connectivity index (χ4n) is 1.53. The van der Waals surface area contributed by atoms with Crippen LogP contribution >= 0.6 is 15.9 Å². The van der Waals surface area contributed by atoms with Crippen LogP contribution in [0, 0.1) is 6.92 Å². The van der Waals surface area contributed by atoms with Gasteiger partial charge in [0, 0.05) is 13.0 Å². The highest BCUT2D eigenvalue weighted by molar-refractivity contribution is 9.10. The number of ether oxygens (including phenoxy) is 1. The van der Waals surface area contributed by atoms with Gasteiger partial charge in [0.05, 0.1) is 17.5 Å². The Morgan fingerprint density at radius 1 is 1.35 bits per heavy atom. The molecule has 20 heavy (non-hydrogen) atoms. The van der Waals surface area contributed by atoms with Crippen molar-refractivity contribution in [2.75, 3.05) is 13.2 Å². The van der Waals surface area contributed by atoms with Crippen molar-refractivity contribution >= 4 is 27.8 Å². The molecule has 0 fully saturated rings. The van der Waals surface area contributed by atoms with Gasteiger partial charge in [-0.3, -0.25) is 9.59 Å². The number of carbonyl (C=O) groups is 2. The Bertz CT molecular complexity index is 476. The number of amides is 1. The molecule has 2 N–H and O–H groups in total. The predicted octanol–water partition coefficient (Wildman–Crippen LogP) is 2.51. The molecule has 5 nitrogen and oxygen atoms in total. The number of carbonyl (C=O) groups excluding carboxylic acids is 1. The first-order valence-electron chi connectivity index (χ1n) is 6.36. The van der Waals surface area contributed by atoms with E-state index >= 15 is 0 Å². The molecule has 1 rings (SSSR count). The van der Waals surface area contributed by atoms with Gasteiger partial charge in [-0.25, -0.2) is 0 Å². The molecule has 1 aromatic carbocycles. The molecule has 0 bridgehead atoms. The van der Waals surface area contributed by atoms with Crippen LogP contribution in [0.4, 0.5) is 0 Å². The average Bonchev–Trinajstić information content (AvgIpc) is 2.37. The monoisotopic (exact) mass is 343 g/mol. The van der Waals surface area contributed by atoms with E-state index in [-0.39, 0.29) is 25.4 Å². The van der Waals surface area contributed by atoms with Crippen LogP contribution in [0.5, 0.6) is 5.75 Å². The summed E-state index contributed by atoms with van der Waals surface area (Å²) in [6, 6.07) is 5.73. The van der Waals surface area contributed by atoms with Crippen LogP contribution in [0.3, 0.4) is 0 Å². The van der Waals surface area contributed by atoms with E-state index in [1.165, 1.54) is 0 Å². The highest BCUT2D eigenvalue weighted by atomic mass is 79.9. The Morgan fingerprint density at radius 2 is 2.10 bits per heavy atom. The van der Waals surface area contributed by atoms with Crippen LogP contribution in [-0.4, -0.2) is 30.1 Å². The van der Waals surface area contributed by atoms with Gasteiger partial charge in [0.15, 0.2) is 0 Å². The lowest BCUT2D eigenvalue weighted by Gasteiger charge is -2.09. The van der Waals surface area contributed by atoms with E-state index in [2.05, 4.69) is 21.2 Å². The molecule has 6 heteroatoms. The third-order valence-electron chi connectivity index (χ3n) is 2.56. The lowest BCUT2D eigenvalue weighted by molar-refractivity contribution is -0.137. The van der Waals surface area contributed by atoms with Crippen LogP contribution in [0.1, 0.15) is 24.8 Å². The van der Waals surface area contributed by atoms with Crippen molar-refractivity contribution in [3.05, 3.63) is 28.2 Å². The molecule has 0 saturated heterocycles. The van der Waals surface area contributed by atoms with Crippen LogP contribution < -0.4 is 10.1 Å². The molecule has 1 amide bonds. The maximum atomic E-state index is 11.5. The van der Waals surface area contributed by atoms with Crippen molar-refractivity contribution in [3.8, 4) is 5.75 Å². The Morgan fingerprint density at radius 3 is 2.75 bits per heavy atom. The number of nitrogens with one attached hydrogen (secondary N) is 1. The molecule has 1 aromatic rings. The van der Waals surface area contributed by atoms with Crippen molar-refractivity contribution in [2.45, 2.75) is 26.2 Å². The number of aliphatic carboxylic acids is 1. The van der Waals surface area contributed by atoms with Crippen molar-refractivity contribution in [1.29, 1.82) is 0 Å². The first-order valence-corrected chi connectivity index (χ1v) is 7.16. The third kappa shape index (κ3) is 6.56. The number of carboxylic acids is 1. The first-order chi connectivity index (χ1) is 9.49. The molecular weight excluding hydrogens is 326 g/mol. The summed E-state index contributed by atoms with van der Waals surface area (Å²) in [6.07, 6.45) is 0.742. The molecule has 0 saturated carbocycles. The van der Waals surface area contributed by atoms with Gasteiger partial charge in [-0.1, -0.05) is 6.07 Å². The largest absolute Gasteiger partial charge is 0.492 e. The highest BCUT2D eigenvalue weighted by Gasteiger charge is 2.05. The molecule has 0 aromatic heterocycles. The minimum Gasteiger partial charge on any atom is -0.492 e.